The van der Waals surface area contributed by atoms with Crippen molar-refractivity contribution in [2.45, 2.75) is 6.42 Å². The molecule has 0 radical (unpaired) electrons. The van der Waals surface area contributed by atoms with Crippen LogP contribution in [0.2, 0.25) is 0 Å². The van der Waals surface area contributed by atoms with Crippen LogP contribution in [0.4, 0.5) is 10.1 Å². The van der Waals surface area contributed by atoms with E-state index in [1.807, 2.05) is 0 Å². The van der Waals surface area contributed by atoms with Crippen LogP contribution in [-0.4, -0.2) is 34.7 Å². The van der Waals surface area contributed by atoms with Crippen molar-refractivity contribution in [3.63, 3.8) is 0 Å². The molecule has 1 aromatic heterocycles. The minimum Gasteiger partial charge on any atom is -0.468 e. The molecule has 0 aliphatic heterocycles. The number of ketones is 1. The molecule has 1 heterocycles. The van der Waals surface area contributed by atoms with Crippen molar-refractivity contribution in [1.29, 1.82) is 0 Å². The number of aromatic amines is 1. The third-order valence-corrected chi connectivity index (χ3v) is 4.20. The summed E-state index contributed by atoms with van der Waals surface area (Å²) in [7, 11) is 1.07. The van der Waals surface area contributed by atoms with E-state index in [9.17, 15) is 23.6 Å². The summed E-state index contributed by atoms with van der Waals surface area (Å²) in [5.74, 6) is -5.24. The van der Waals surface area contributed by atoms with Crippen LogP contribution < -0.4 is 10.9 Å². The first-order valence-electron chi connectivity index (χ1n) is 8.55. The summed E-state index contributed by atoms with van der Waals surface area (Å²) < 4.78 is 17.6. The standard InChI is InChI=1S/C20H16FN3O5/c1-29-20(28)13(17(25)19(27)22-12-8-6-11(21)7-9-12)10-16-18(26)24-15-5-3-2-4-14(15)23-16/h2-9,13H,10H2,1H3,(H,22,27)(H,24,26)/t13-/m0/s1. The average Bonchev–Trinajstić information content (AvgIpc) is 2.72. The zero-order valence-electron chi connectivity index (χ0n) is 15.3. The van der Waals surface area contributed by atoms with Crippen molar-refractivity contribution < 1.29 is 23.5 Å². The van der Waals surface area contributed by atoms with Gasteiger partial charge < -0.3 is 15.0 Å². The maximum Gasteiger partial charge on any atom is 0.317 e. The Balaban J connectivity index is 1.86. The number of nitrogens with one attached hydrogen (secondary N) is 2. The molecule has 2 N–H and O–H groups in total. The molecule has 3 rings (SSSR count). The Hall–Kier alpha value is -3.88. The zero-order valence-corrected chi connectivity index (χ0v) is 15.3. The second-order valence-corrected chi connectivity index (χ2v) is 6.13. The average molecular weight is 397 g/mol. The van der Waals surface area contributed by atoms with Crippen LogP contribution >= 0.6 is 0 Å². The summed E-state index contributed by atoms with van der Waals surface area (Å²) >= 11 is 0. The molecule has 1 amide bonds. The van der Waals surface area contributed by atoms with Gasteiger partial charge in [0.1, 0.15) is 17.4 Å². The zero-order chi connectivity index (χ0) is 21.0. The van der Waals surface area contributed by atoms with Crippen LogP contribution in [0.5, 0.6) is 0 Å². The highest BCUT2D eigenvalue weighted by molar-refractivity contribution is 6.44. The van der Waals surface area contributed by atoms with Gasteiger partial charge in [-0.25, -0.2) is 9.37 Å². The number of amides is 1. The molecule has 2 aromatic carbocycles. The smallest absolute Gasteiger partial charge is 0.317 e. The molecule has 0 saturated heterocycles. The highest BCUT2D eigenvalue weighted by atomic mass is 19.1. The van der Waals surface area contributed by atoms with Crippen LogP contribution in [0.15, 0.2) is 53.3 Å². The second-order valence-electron chi connectivity index (χ2n) is 6.13. The fourth-order valence-electron chi connectivity index (χ4n) is 2.71. The maximum atomic E-state index is 13.0. The van der Waals surface area contributed by atoms with Crippen molar-refractivity contribution in [3.8, 4) is 0 Å². The third-order valence-electron chi connectivity index (χ3n) is 4.20. The Kier molecular flexibility index (Phi) is 5.77. The highest BCUT2D eigenvalue weighted by Gasteiger charge is 2.34. The van der Waals surface area contributed by atoms with Gasteiger partial charge in [-0.05, 0) is 36.4 Å². The lowest BCUT2D eigenvalue weighted by Crippen LogP contribution is -2.37. The predicted molar refractivity (Wildman–Crippen MR) is 102 cm³/mol. The number of hydrogen-bond acceptors (Lipinski definition) is 6. The van der Waals surface area contributed by atoms with Gasteiger partial charge in [0.25, 0.3) is 11.5 Å². The molecular formula is C20H16FN3O5. The van der Waals surface area contributed by atoms with E-state index in [1.54, 1.807) is 24.3 Å². The molecule has 29 heavy (non-hydrogen) atoms. The molecule has 148 valence electrons. The number of halogens is 1. The van der Waals surface area contributed by atoms with E-state index in [-0.39, 0.29) is 11.4 Å². The Bertz CT molecular complexity index is 1140. The summed E-state index contributed by atoms with van der Waals surface area (Å²) in [5.41, 5.74) is 0.478. The first-order valence-corrected chi connectivity index (χ1v) is 8.55. The summed E-state index contributed by atoms with van der Waals surface area (Å²) in [5, 5.41) is 2.29. The molecule has 9 heteroatoms. The maximum absolute atomic E-state index is 13.0. The van der Waals surface area contributed by atoms with Crippen LogP contribution in [0.3, 0.4) is 0 Å². The van der Waals surface area contributed by atoms with Crippen molar-refractivity contribution in [2.75, 3.05) is 12.4 Å². The van der Waals surface area contributed by atoms with Gasteiger partial charge in [-0.2, -0.15) is 0 Å². The summed E-state index contributed by atoms with van der Waals surface area (Å²) in [6.45, 7) is 0. The van der Waals surface area contributed by atoms with E-state index in [4.69, 9.17) is 0 Å². The quantitative estimate of drug-likeness (QED) is 0.371. The summed E-state index contributed by atoms with van der Waals surface area (Å²) in [6, 6.07) is 11.5. The number of H-pyrrole nitrogens is 1. The number of Topliss-reactive ketones (excluding diaryl/α,β-unsaturated/α-hetero) is 1. The molecule has 0 unspecified atom stereocenters. The van der Waals surface area contributed by atoms with Gasteiger partial charge in [-0.1, -0.05) is 12.1 Å². The van der Waals surface area contributed by atoms with Crippen molar-refractivity contribution >= 4 is 34.4 Å². The number of esters is 1. The van der Waals surface area contributed by atoms with Crippen molar-refractivity contribution in [2.24, 2.45) is 5.92 Å². The van der Waals surface area contributed by atoms with E-state index in [0.29, 0.717) is 11.0 Å². The predicted octanol–water partition coefficient (Wildman–Crippen LogP) is 1.60. The van der Waals surface area contributed by atoms with Crippen LogP contribution in [0.25, 0.3) is 11.0 Å². The van der Waals surface area contributed by atoms with Crippen molar-refractivity contribution in [3.05, 3.63) is 70.4 Å². The SMILES string of the molecule is COC(=O)[C@@H](Cc1nc2ccccc2[nH]c1=O)C(=O)C(=O)Nc1ccc(F)cc1. The third kappa shape index (κ3) is 4.52. The number of carbonyl (C=O) groups excluding carboxylic acids is 3. The van der Waals surface area contributed by atoms with E-state index in [1.165, 1.54) is 12.1 Å². The van der Waals surface area contributed by atoms with Gasteiger partial charge in [-0.3, -0.25) is 19.2 Å². The number of anilines is 1. The van der Waals surface area contributed by atoms with Crippen molar-refractivity contribution in [1.82, 2.24) is 9.97 Å². The van der Waals surface area contributed by atoms with Crippen LogP contribution in [0, 0.1) is 11.7 Å². The molecule has 0 fully saturated rings. The number of fused-ring (bicyclic) bond motifs is 1. The minimum absolute atomic E-state index is 0.0815. The Morgan fingerprint density at radius 1 is 1.14 bits per heavy atom. The lowest BCUT2D eigenvalue weighted by Gasteiger charge is -2.13. The molecule has 0 spiro atoms. The van der Waals surface area contributed by atoms with E-state index in [2.05, 4.69) is 20.0 Å². The largest absolute Gasteiger partial charge is 0.468 e. The van der Waals surface area contributed by atoms with Gasteiger partial charge in [-0.15, -0.1) is 0 Å². The normalized spacial score (nSPS) is 11.7. The lowest BCUT2D eigenvalue weighted by molar-refractivity contribution is -0.152. The number of nitrogens with zero attached hydrogens (tertiary/aromatic N) is 1. The van der Waals surface area contributed by atoms with E-state index < -0.39 is 41.4 Å². The lowest BCUT2D eigenvalue weighted by atomic mass is 9.97. The fraction of sp³-hybridized carbons (Fsp3) is 0.150. The topological polar surface area (TPSA) is 118 Å². The molecule has 0 aliphatic carbocycles. The van der Waals surface area contributed by atoms with E-state index in [0.717, 1.165) is 19.2 Å². The number of ether oxygens (including phenoxy) is 1. The highest BCUT2D eigenvalue weighted by Crippen LogP contribution is 2.14. The second kappa shape index (κ2) is 8.42. The Morgan fingerprint density at radius 3 is 2.52 bits per heavy atom. The summed E-state index contributed by atoms with van der Waals surface area (Å²) in [6.07, 6.45) is -0.414. The molecule has 8 nitrogen and oxygen atoms in total. The molecule has 0 bridgehead atoms. The first-order chi connectivity index (χ1) is 13.9. The monoisotopic (exact) mass is 397 g/mol. The van der Waals surface area contributed by atoms with Gasteiger partial charge in [0.2, 0.25) is 5.78 Å². The molecule has 3 aromatic rings. The molecular weight excluding hydrogens is 381 g/mol. The van der Waals surface area contributed by atoms with Gasteiger partial charge in [0.05, 0.1) is 18.1 Å². The van der Waals surface area contributed by atoms with Crippen LogP contribution in [0.1, 0.15) is 5.69 Å². The number of para-hydroxylation sites is 2. The van der Waals surface area contributed by atoms with Gasteiger partial charge >= 0.3 is 5.97 Å². The number of hydrogen-bond donors (Lipinski definition) is 2. The van der Waals surface area contributed by atoms with Gasteiger partial charge in [0.15, 0.2) is 0 Å². The van der Waals surface area contributed by atoms with Gasteiger partial charge in [0, 0.05) is 12.1 Å². The Morgan fingerprint density at radius 2 is 1.83 bits per heavy atom. The molecule has 0 aliphatic rings. The molecule has 1 atom stereocenters. The molecule has 0 saturated carbocycles. The van der Waals surface area contributed by atoms with E-state index >= 15 is 0 Å². The number of benzene rings is 2. The summed E-state index contributed by atoms with van der Waals surface area (Å²) in [4.78, 5) is 56.1. The number of carbonyl (C=O) groups is 3. The van der Waals surface area contributed by atoms with Crippen LogP contribution in [-0.2, 0) is 25.5 Å². The minimum atomic E-state index is -1.56. The number of aromatic nitrogens is 2. The number of methoxy groups -OCH3 is 1. The number of rotatable bonds is 6. The first kappa shape index (κ1) is 19.9. The fourth-order valence-corrected chi connectivity index (χ4v) is 2.71. The Labute approximate surface area is 163 Å².